The minimum absolute atomic E-state index is 0.120. The summed E-state index contributed by atoms with van der Waals surface area (Å²) >= 11 is 0. The van der Waals surface area contributed by atoms with Crippen LogP contribution in [0.25, 0.3) is 0 Å². The fourth-order valence-corrected chi connectivity index (χ4v) is 3.13. The third-order valence-electron chi connectivity index (χ3n) is 4.72. The topological polar surface area (TPSA) is 57.9 Å². The molecule has 1 N–H and O–H groups in total. The van der Waals surface area contributed by atoms with E-state index in [1.54, 1.807) is 0 Å². The normalized spacial score (nSPS) is 16.4. The lowest BCUT2D eigenvalue weighted by molar-refractivity contribution is 0.0543. The number of nitrogens with one attached hydrogen (secondary N) is 1. The van der Waals surface area contributed by atoms with Crippen molar-refractivity contribution in [1.82, 2.24) is 4.98 Å². The van der Waals surface area contributed by atoms with Crippen LogP contribution in [0.3, 0.4) is 0 Å². The van der Waals surface area contributed by atoms with Crippen molar-refractivity contribution in [1.29, 1.82) is 5.26 Å². The van der Waals surface area contributed by atoms with E-state index in [1.165, 1.54) is 12.1 Å². The van der Waals surface area contributed by atoms with Gasteiger partial charge in [-0.15, -0.1) is 0 Å². The van der Waals surface area contributed by atoms with Crippen LogP contribution < -0.4 is 5.32 Å². The standard InChI is InChI=1S/C19H20FN3O/c1-14-2-7-18(23-17(14)12-21)22-13-19(8-10-24-11-9-19)15-3-5-16(20)6-4-15/h2-7H,8-11,13H2,1H3,(H,22,23). The number of nitriles is 1. The summed E-state index contributed by atoms with van der Waals surface area (Å²) in [4.78, 5) is 4.35. The molecule has 0 saturated carbocycles. The van der Waals surface area contributed by atoms with Gasteiger partial charge < -0.3 is 10.1 Å². The highest BCUT2D eigenvalue weighted by Gasteiger charge is 2.34. The molecular weight excluding hydrogens is 305 g/mol. The molecule has 0 bridgehead atoms. The van der Waals surface area contributed by atoms with Gasteiger partial charge in [0.25, 0.3) is 0 Å². The molecular formula is C19H20FN3O. The Morgan fingerprint density at radius 3 is 2.58 bits per heavy atom. The maximum atomic E-state index is 13.3. The molecule has 4 nitrogen and oxygen atoms in total. The first-order valence-electron chi connectivity index (χ1n) is 8.08. The molecule has 124 valence electrons. The summed E-state index contributed by atoms with van der Waals surface area (Å²) in [7, 11) is 0. The smallest absolute Gasteiger partial charge is 0.145 e. The fraction of sp³-hybridized carbons (Fsp3) is 0.368. The Hall–Kier alpha value is -2.45. The van der Waals surface area contributed by atoms with Crippen LogP contribution in [-0.4, -0.2) is 24.7 Å². The SMILES string of the molecule is Cc1ccc(NCC2(c3ccc(F)cc3)CCOCC2)nc1C#N. The Kier molecular flexibility index (Phi) is 4.77. The molecule has 1 aliphatic heterocycles. The Morgan fingerprint density at radius 1 is 1.21 bits per heavy atom. The summed E-state index contributed by atoms with van der Waals surface area (Å²) in [6.07, 6.45) is 1.73. The summed E-state index contributed by atoms with van der Waals surface area (Å²) in [6.45, 7) is 3.91. The second kappa shape index (κ2) is 6.98. The number of halogens is 1. The van der Waals surface area contributed by atoms with Gasteiger partial charge in [0, 0.05) is 25.2 Å². The molecule has 1 aliphatic rings. The molecule has 1 fully saturated rings. The quantitative estimate of drug-likeness (QED) is 0.934. The van der Waals surface area contributed by atoms with E-state index in [9.17, 15) is 4.39 Å². The number of benzene rings is 1. The maximum absolute atomic E-state index is 13.3. The van der Waals surface area contributed by atoms with Crippen LogP contribution in [0.15, 0.2) is 36.4 Å². The number of hydrogen-bond donors (Lipinski definition) is 1. The van der Waals surface area contributed by atoms with Crippen molar-refractivity contribution in [3.8, 4) is 6.07 Å². The van der Waals surface area contributed by atoms with Crippen LogP contribution >= 0.6 is 0 Å². The molecule has 0 aliphatic carbocycles. The third-order valence-corrected chi connectivity index (χ3v) is 4.72. The summed E-state index contributed by atoms with van der Waals surface area (Å²) in [5, 5.41) is 12.5. The van der Waals surface area contributed by atoms with Gasteiger partial charge in [-0.25, -0.2) is 9.37 Å². The fourth-order valence-electron chi connectivity index (χ4n) is 3.13. The van der Waals surface area contributed by atoms with Gasteiger partial charge in [0.15, 0.2) is 0 Å². The highest BCUT2D eigenvalue weighted by molar-refractivity contribution is 5.43. The van der Waals surface area contributed by atoms with E-state index in [0.717, 1.165) is 24.0 Å². The lowest BCUT2D eigenvalue weighted by Crippen LogP contribution is -2.40. The molecule has 0 radical (unpaired) electrons. The van der Waals surface area contributed by atoms with Crippen molar-refractivity contribution in [2.75, 3.05) is 25.1 Å². The van der Waals surface area contributed by atoms with E-state index >= 15 is 0 Å². The van der Waals surface area contributed by atoms with Crippen LogP contribution in [0.2, 0.25) is 0 Å². The van der Waals surface area contributed by atoms with Gasteiger partial charge in [-0.05, 0) is 49.1 Å². The second-order valence-corrected chi connectivity index (χ2v) is 6.23. The number of ether oxygens (including phenoxy) is 1. The van der Waals surface area contributed by atoms with E-state index in [4.69, 9.17) is 10.00 Å². The zero-order chi connectivity index (χ0) is 17.0. The predicted octanol–water partition coefficient (Wildman–Crippen LogP) is 3.56. The molecule has 1 aromatic carbocycles. The second-order valence-electron chi connectivity index (χ2n) is 6.23. The van der Waals surface area contributed by atoms with Crippen LogP contribution in [0.5, 0.6) is 0 Å². The average molecular weight is 325 g/mol. The monoisotopic (exact) mass is 325 g/mol. The van der Waals surface area contributed by atoms with Crippen molar-refractivity contribution in [3.05, 3.63) is 59.0 Å². The number of aromatic nitrogens is 1. The molecule has 0 atom stereocenters. The van der Waals surface area contributed by atoms with Crippen LogP contribution in [0.1, 0.15) is 29.7 Å². The van der Waals surface area contributed by atoms with Crippen molar-refractivity contribution in [2.45, 2.75) is 25.2 Å². The van der Waals surface area contributed by atoms with Crippen molar-refractivity contribution >= 4 is 5.82 Å². The van der Waals surface area contributed by atoms with E-state index < -0.39 is 0 Å². The Labute approximate surface area is 141 Å². The molecule has 3 rings (SSSR count). The van der Waals surface area contributed by atoms with Crippen LogP contribution in [0, 0.1) is 24.1 Å². The Morgan fingerprint density at radius 2 is 1.92 bits per heavy atom. The number of hydrogen-bond acceptors (Lipinski definition) is 4. The maximum Gasteiger partial charge on any atom is 0.145 e. The molecule has 1 aromatic heterocycles. The molecule has 1 saturated heterocycles. The largest absolute Gasteiger partial charge is 0.381 e. The number of anilines is 1. The molecule has 0 amide bonds. The minimum atomic E-state index is -0.229. The summed E-state index contributed by atoms with van der Waals surface area (Å²) < 4.78 is 18.8. The first-order chi connectivity index (χ1) is 11.6. The molecule has 5 heteroatoms. The van der Waals surface area contributed by atoms with Gasteiger partial charge in [-0.1, -0.05) is 18.2 Å². The Balaban J connectivity index is 1.83. The van der Waals surface area contributed by atoms with E-state index in [1.807, 2.05) is 31.2 Å². The van der Waals surface area contributed by atoms with Crippen LogP contribution in [-0.2, 0) is 10.2 Å². The van der Waals surface area contributed by atoms with Gasteiger partial charge in [-0.3, -0.25) is 0 Å². The lowest BCUT2D eigenvalue weighted by Gasteiger charge is -2.38. The zero-order valence-electron chi connectivity index (χ0n) is 13.7. The lowest BCUT2D eigenvalue weighted by atomic mass is 9.74. The third kappa shape index (κ3) is 3.39. The van der Waals surface area contributed by atoms with Crippen molar-refractivity contribution < 1.29 is 9.13 Å². The molecule has 0 unspecified atom stereocenters. The molecule has 0 spiro atoms. The van der Waals surface area contributed by atoms with Crippen LogP contribution in [0.4, 0.5) is 10.2 Å². The first-order valence-corrected chi connectivity index (χ1v) is 8.08. The number of aryl methyl sites for hydroxylation is 1. The number of rotatable bonds is 4. The molecule has 2 heterocycles. The van der Waals surface area contributed by atoms with Gasteiger partial charge in [0.2, 0.25) is 0 Å². The van der Waals surface area contributed by atoms with E-state index in [2.05, 4.69) is 16.4 Å². The number of nitrogens with zero attached hydrogens (tertiary/aromatic N) is 2. The van der Waals surface area contributed by atoms with Gasteiger partial charge in [0.1, 0.15) is 23.4 Å². The zero-order valence-corrected chi connectivity index (χ0v) is 13.7. The summed E-state index contributed by atoms with van der Waals surface area (Å²) in [6, 6.07) is 12.6. The van der Waals surface area contributed by atoms with Gasteiger partial charge >= 0.3 is 0 Å². The average Bonchev–Trinajstić information content (AvgIpc) is 2.62. The highest BCUT2D eigenvalue weighted by atomic mass is 19.1. The van der Waals surface area contributed by atoms with E-state index in [0.29, 0.717) is 31.3 Å². The summed E-state index contributed by atoms with van der Waals surface area (Å²) in [5.74, 6) is 0.456. The summed E-state index contributed by atoms with van der Waals surface area (Å²) in [5.41, 5.74) is 2.28. The molecule has 24 heavy (non-hydrogen) atoms. The van der Waals surface area contributed by atoms with Gasteiger partial charge in [0.05, 0.1) is 0 Å². The van der Waals surface area contributed by atoms with Crippen molar-refractivity contribution in [3.63, 3.8) is 0 Å². The minimum Gasteiger partial charge on any atom is -0.381 e. The van der Waals surface area contributed by atoms with Gasteiger partial charge in [-0.2, -0.15) is 5.26 Å². The molecule has 2 aromatic rings. The Bertz CT molecular complexity index is 746. The van der Waals surface area contributed by atoms with E-state index in [-0.39, 0.29) is 11.2 Å². The first kappa shape index (κ1) is 16.4. The predicted molar refractivity (Wildman–Crippen MR) is 90.3 cm³/mol. The van der Waals surface area contributed by atoms with Crippen molar-refractivity contribution in [2.24, 2.45) is 0 Å². The highest BCUT2D eigenvalue weighted by Crippen LogP contribution is 2.35. The number of pyridine rings is 1.